The summed E-state index contributed by atoms with van der Waals surface area (Å²) in [6.45, 7) is 3.84. The molecule has 3 aromatic rings. The molecule has 0 radical (unpaired) electrons. The second-order valence-corrected chi connectivity index (χ2v) is 8.95. The molecule has 1 saturated carbocycles. The van der Waals surface area contributed by atoms with Gasteiger partial charge in [-0.1, -0.05) is 37.3 Å². The Labute approximate surface area is 186 Å². The van der Waals surface area contributed by atoms with Gasteiger partial charge in [0, 0.05) is 34.7 Å². The largest absolute Gasteiger partial charge is 0.328 e. The molecule has 0 bridgehead atoms. The molecule has 1 N–H and O–H groups in total. The Morgan fingerprint density at radius 3 is 2.59 bits per heavy atom. The van der Waals surface area contributed by atoms with Gasteiger partial charge in [0.25, 0.3) is 0 Å². The molecular weight excluding hydrogens is 400 g/mol. The molecule has 4 atom stereocenters. The van der Waals surface area contributed by atoms with Crippen LogP contribution in [0.3, 0.4) is 0 Å². The number of nitrogens with zero attached hydrogens (tertiary/aromatic N) is 3. The summed E-state index contributed by atoms with van der Waals surface area (Å²) in [6.07, 6.45) is 3.68. The highest BCUT2D eigenvalue weighted by Crippen LogP contribution is 2.56. The summed E-state index contributed by atoms with van der Waals surface area (Å²) in [4.78, 5) is 37.1. The predicted octanol–water partition coefficient (Wildman–Crippen LogP) is 3.74. The van der Waals surface area contributed by atoms with Gasteiger partial charge < -0.3 is 4.98 Å². The van der Waals surface area contributed by atoms with E-state index in [-0.39, 0.29) is 23.2 Å². The van der Waals surface area contributed by atoms with Gasteiger partial charge in [0.15, 0.2) is 5.78 Å². The molecule has 2 aromatic heterocycles. The summed E-state index contributed by atoms with van der Waals surface area (Å²) in [7, 11) is 0. The lowest BCUT2D eigenvalue weighted by Crippen LogP contribution is -2.53. The van der Waals surface area contributed by atoms with Crippen LogP contribution in [0, 0.1) is 36.0 Å². The summed E-state index contributed by atoms with van der Waals surface area (Å²) >= 11 is 0. The Morgan fingerprint density at radius 1 is 1.12 bits per heavy atom. The highest BCUT2D eigenvalue weighted by Gasteiger charge is 2.56. The van der Waals surface area contributed by atoms with Crippen LogP contribution in [0.4, 0.5) is 0 Å². The quantitative estimate of drug-likeness (QED) is 0.676. The summed E-state index contributed by atoms with van der Waals surface area (Å²) in [6, 6.07) is 15.8. The summed E-state index contributed by atoms with van der Waals surface area (Å²) in [5.41, 5.74) is 4.02. The Hall–Kier alpha value is -3.59. The number of aryl methyl sites for hydroxylation is 1. The van der Waals surface area contributed by atoms with Gasteiger partial charge in [-0.15, -0.1) is 0 Å². The molecule has 0 spiro atoms. The maximum Gasteiger partial charge on any atom is 0.247 e. The minimum atomic E-state index is -0.667. The molecule has 2 heterocycles. The second kappa shape index (κ2) is 7.52. The van der Waals surface area contributed by atoms with Crippen LogP contribution in [0.2, 0.25) is 0 Å². The van der Waals surface area contributed by atoms with E-state index < -0.39 is 11.3 Å². The first kappa shape index (κ1) is 20.3. The van der Waals surface area contributed by atoms with Crippen molar-refractivity contribution in [3.8, 4) is 17.3 Å². The summed E-state index contributed by atoms with van der Waals surface area (Å²) in [5, 5.41) is 9.85. The van der Waals surface area contributed by atoms with Gasteiger partial charge in [-0.25, -0.2) is 9.97 Å². The van der Waals surface area contributed by atoms with Crippen LogP contribution in [0.25, 0.3) is 11.3 Å². The van der Waals surface area contributed by atoms with Crippen molar-refractivity contribution in [3.63, 3.8) is 0 Å². The number of hydrogen-bond acceptors (Lipinski definition) is 5. The number of Topliss-reactive ketones (excluding diaryl/α,β-unsaturated/α-hetero) is 1. The molecule has 2 aliphatic rings. The lowest BCUT2D eigenvalue weighted by Gasteiger charge is -2.51. The fraction of sp³-hybridized carbons (Fsp3) is 0.346. The number of nitrogens with one attached hydrogen (secondary N) is 1. The number of fused-ring (bicyclic) bond motifs is 3. The van der Waals surface area contributed by atoms with E-state index in [1.54, 1.807) is 12.3 Å². The smallest absolute Gasteiger partial charge is 0.247 e. The topological polar surface area (TPSA) is 99.5 Å². The fourth-order valence-corrected chi connectivity index (χ4v) is 5.90. The summed E-state index contributed by atoms with van der Waals surface area (Å²) in [5.74, 6) is -0.155. The molecule has 1 fully saturated rings. The number of benzene rings is 1. The number of H-pyrrole nitrogens is 1. The lowest BCUT2D eigenvalue weighted by molar-refractivity contribution is -0.131. The molecule has 1 aromatic carbocycles. The minimum Gasteiger partial charge on any atom is -0.328 e. The number of rotatable bonds is 2. The van der Waals surface area contributed by atoms with Crippen LogP contribution in [0.5, 0.6) is 0 Å². The van der Waals surface area contributed by atoms with E-state index in [0.717, 1.165) is 40.9 Å². The molecule has 160 valence electrons. The van der Waals surface area contributed by atoms with Crippen molar-refractivity contribution in [2.75, 3.05) is 0 Å². The van der Waals surface area contributed by atoms with Crippen molar-refractivity contribution in [1.29, 1.82) is 5.26 Å². The van der Waals surface area contributed by atoms with Gasteiger partial charge in [-0.3, -0.25) is 9.59 Å². The number of carbonyl (C=O) groups is 1. The molecule has 2 aliphatic carbocycles. The third-order valence-corrected chi connectivity index (χ3v) is 7.30. The molecule has 0 aliphatic heterocycles. The number of pyridine rings is 1. The first-order valence-corrected chi connectivity index (χ1v) is 11.0. The maximum absolute atomic E-state index is 13.0. The van der Waals surface area contributed by atoms with Crippen molar-refractivity contribution in [2.24, 2.45) is 17.8 Å². The number of carbonyl (C=O) groups excluding carboxylic acids is 1. The third kappa shape index (κ3) is 2.92. The monoisotopic (exact) mass is 424 g/mol. The highest BCUT2D eigenvalue weighted by molar-refractivity contribution is 5.87. The van der Waals surface area contributed by atoms with E-state index in [1.807, 2.05) is 32.0 Å². The molecule has 0 saturated heterocycles. The van der Waals surface area contributed by atoms with Crippen LogP contribution in [0.1, 0.15) is 42.4 Å². The Kier molecular flexibility index (Phi) is 4.78. The SMILES string of the molecule is Cc1nc(-c2ccc(=O)[nH]c2)c2c(n1)[C@]1(c3ccccc3)CC(C#N)C(=O)[C@@H](C)[C@@H]1CC2. The van der Waals surface area contributed by atoms with E-state index in [4.69, 9.17) is 9.97 Å². The number of hydrogen-bond donors (Lipinski definition) is 1. The number of ketones is 1. The first-order chi connectivity index (χ1) is 15.5. The van der Waals surface area contributed by atoms with Crippen LogP contribution in [0.15, 0.2) is 53.5 Å². The van der Waals surface area contributed by atoms with Crippen molar-refractivity contribution in [2.45, 2.75) is 38.5 Å². The van der Waals surface area contributed by atoms with E-state index >= 15 is 0 Å². The average Bonchev–Trinajstić information content (AvgIpc) is 2.81. The van der Waals surface area contributed by atoms with Crippen molar-refractivity contribution >= 4 is 5.78 Å². The van der Waals surface area contributed by atoms with Gasteiger partial charge in [-0.05, 0) is 43.7 Å². The minimum absolute atomic E-state index is 0.0409. The van der Waals surface area contributed by atoms with Gasteiger partial charge in [0.1, 0.15) is 11.7 Å². The average molecular weight is 425 g/mol. The molecule has 32 heavy (non-hydrogen) atoms. The zero-order chi connectivity index (χ0) is 22.5. The highest BCUT2D eigenvalue weighted by atomic mass is 16.1. The maximum atomic E-state index is 13.0. The first-order valence-electron chi connectivity index (χ1n) is 11.0. The van der Waals surface area contributed by atoms with Gasteiger partial charge in [0.05, 0.1) is 17.5 Å². The zero-order valence-corrected chi connectivity index (χ0v) is 18.1. The molecule has 6 heteroatoms. The molecule has 1 unspecified atom stereocenters. The lowest BCUT2D eigenvalue weighted by atomic mass is 9.51. The molecule has 5 rings (SSSR count). The third-order valence-electron chi connectivity index (χ3n) is 7.30. The predicted molar refractivity (Wildman–Crippen MR) is 120 cm³/mol. The zero-order valence-electron chi connectivity index (χ0n) is 18.1. The molecule has 6 nitrogen and oxygen atoms in total. The van der Waals surface area contributed by atoms with Gasteiger partial charge in [-0.2, -0.15) is 5.26 Å². The number of nitriles is 1. The van der Waals surface area contributed by atoms with Crippen molar-refractivity contribution in [3.05, 3.63) is 81.7 Å². The van der Waals surface area contributed by atoms with E-state index in [1.165, 1.54) is 6.07 Å². The normalized spacial score (nSPS) is 26.7. The molecule has 0 amide bonds. The Bertz CT molecular complexity index is 1290. The van der Waals surface area contributed by atoms with Gasteiger partial charge in [0.2, 0.25) is 5.56 Å². The van der Waals surface area contributed by atoms with E-state index in [2.05, 4.69) is 23.2 Å². The van der Waals surface area contributed by atoms with Gasteiger partial charge >= 0.3 is 0 Å². The Morgan fingerprint density at radius 2 is 1.91 bits per heavy atom. The van der Waals surface area contributed by atoms with E-state index in [0.29, 0.717) is 12.2 Å². The standard InChI is InChI=1S/C26H24N4O2/c1-15-21-10-9-20-23(17-8-11-22(31)28-14-17)29-16(2)30-25(20)26(21,12-18(13-27)24(15)32)19-6-4-3-5-7-19/h3-8,11,14-15,18,21H,9-10,12H2,1-2H3,(H,28,31)/t15-,18?,21-,26-/m0/s1. The van der Waals surface area contributed by atoms with Crippen LogP contribution < -0.4 is 5.56 Å². The van der Waals surface area contributed by atoms with E-state index in [9.17, 15) is 14.9 Å². The molecular formula is C26H24N4O2. The second-order valence-electron chi connectivity index (χ2n) is 8.95. The number of aromatic nitrogens is 3. The fourth-order valence-electron chi connectivity index (χ4n) is 5.90. The van der Waals surface area contributed by atoms with Crippen LogP contribution >= 0.6 is 0 Å². The van der Waals surface area contributed by atoms with Crippen molar-refractivity contribution in [1.82, 2.24) is 15.0 Å². The summed E-state index contributed by atoms with van der Waals surface area (Å²) < 4.78 is 0. The van der Waals surface area contributed by atoms with Crippen LogP contribution in [-0.4, -0.2) is 20.7 Å². The number of aromatic amines is 1. The van der Waals surface area contributed by atoms with Crippen LogP contribution in [-0.2, 0) is 16.6 Å². The Balaban J connectivity index is 1.82. The van der Waals surface area contributed by atoms with Crippen molar-refractivity contribution < 1.29 is 4.79 Å².